The zero-order valence-corrected chi connectivity index (χ0v) is 15.3. The monoisotopic (exact) mass is 355 g/mol. The first-order valence-electron chi connectivity index (χ1n) is 9.13. The van der Waals surface area contributed by atoms with E-state index in [9.17, 15) is 9.59 Å². The molecule has 2 amide bonds. The summed E-state index contributed by atoms with van der Waals surface area (Å²) < 4.78 is 4.96. The number of aromatic nitrogens is 1. The highest BCUT2D eigenvalue weighted by molar-refractivity contribution is 5.95. The van der Waals surface area contributed by atoms with Crippen LogP contribution in [0, 0.1) is 12.8 Å². The maximum absolute atomic E-state index is 13.1. The van der Waals surface area contributed by atoms with Crippen LogP contribution in [0.2, 0.25) is 0 Å². The molecule has 0 aliphatic heterocycles. The first-order chi connectivity index (χ1) is 12.6. The minimum atomic E-state index is -0.254. The summed E-state index contributed by atoms with van der Waals surface area (Å²) in [7, 11) is 0. The highest BCUT2D eigenvalue weighted by Crippen LogP contribution is 2.31. The van der Waals surface area contributed by atoms with E-state index in [0.717, 1.165) is 18.4 Å². The van der Waals surface area contributed by atoms with Gasteiger partial charge in [0.05, 0.1) is 12.5 Å². The van der Waals surface area contributed by atoms with Crippen molar-refractivity contribution in [3.05, 3.63) is 47.7 Å². The van der Waals surface area contributed by atoms with Gasteiger partial charge in [-0.3, -0.25) is 9.59 Å². The molecule has 6 heteroatoms. The molecule has 1 fully saturated rings. The van der Waals surface area contributed by atoms with Crippen LogP contribution in [0.4, 0.5) is 5.82 Å². The molecular formula is C20H25N3O3. The van der Waals surface area contributed by atoms with Crippen LogP contribution in [0.15, 0.2) is 40.9 Å². The molecule has 1 aromatic carbocycles. The van der Waals surface area contributed by atoms with Crippen LogP contribution in [-0.4, -0.2) is 35.0 Å². The van der Waals surface area contributed by atoms with Gasteiger partial charge in [-0.1, -0.05) is 42.4 Å². The highest BCUT2D eigenvalue weighted by Gasteiger charge is 2.31. The van der Waals surface area contributed by atoms with Gasteiger partial charge in [0.15, 0.2) is 5.82 Å². The normalized spacial score (nSPS) is 14.7. The molecule has 1 heterocycles. The zero-order valence-electron chi connectivity index (χ0n) is 15.3. The van der Waals surface area contributed by atoms with Crippen molar-refractivity contribution >= 4 is 17.6 Å². The molecule has 0 bridgehead atoms. The first kappa shape index (κ1) is 18.2. The van der Waals surface area contributed by atoms with Crippen LogP contribution in [0.25, 0.3) is 0 Å². The molecule has 1 aromatic heterocycles. The van der Waals surface area contributed by atoms with E-state index in [1.807, 2.05) is 37.3 Å². The molecule has 0 saturated heterocycles. The molecule has 0 radical (unpaired) electrons. The third-order valence-corrected chi connectivity index (χ3v) is 4.63. The van der Waals surface area contributed by atoms with E-state index >= 15 is 0 Å². The van der Waals surface area contributed by atoms with Gasteiger partial charge in [-0.05, 0) is 37.7 Å². The quantitative estimate of drug-likeness (QED) is 0.788. The van der Waals surface area contributed by atoms with Gasteiger partial charge in [-0.25, -0.2) is 0 Å². The van der Waals surface area contributed by atoms with Gasteiger partial charge in [0.2, 0.25) is 11.8 Å². The molecule has 1 atom stereocenters. The summed E-state index contributed by atoms with van der Waals surface area (Å²) in [5.41, 5.74) is 0.994. The minimum absolute atomic E-state index is 0.0112. The van der Waals surface area contributed by atoms with Crippen molar-refractivity contribution in [3.63, 3.8) is 0 Å². The second-order valence-electron chi connectivity index (χ2n) is 6.90. The van der Waals surface area contributed by atoms with Gasteiger partial charge in [-0.2, -0.15) is 0 Å². The Bertz CT molecular complexity index is 753. The summed E-state index contributed by atoms with van der Waals surface area (Å²) in [5, 5.41) is 6.47. The molecule has 1 saturated carbocycles. The Morgan fingerprint density at radius 1 is 1.31 bits per heavy atom. The predicted molar refractivity (Wildman–Crippen MR) is 98.6 cm³/mol. The Balaban J connectivity index is 1.69. The Labute approximate surface area is 153 Å². The molecule has 138 valence electrons. The van der Waals surface area contributed by atoms with Crippen LogP contribution in [0.1, 0.15) is 43.4 Å². The van der Waals surface area contributed by atoms with E-state index < -0.39 is 0 Å². The molecular weight excluding hydrogens is 330 g/mol. The number of hydrogen-bond donors (Lipinski definition) is 1. The predicted octanol–water partition coefficient (Wildman–Crippen LogP) is 3.35. The number of amides is 2. The van der Waals surface area contributed by atoms with E-state index in [1.165, 1.54) is 0 Å². The topological polar surface area (TPSA) is 75.4 Å². The lowest BCUT2D eigenvalue weighted by Gasteiger charge is -2.26. The summed E-state index contributed by atoms with van der Waals surface area (Å²) in [6.07, 6.45) is 2.94. The van der Waals surface area contributed by atoms with Gasteiger partial charge in [0.25, 0.3) is 0 Å². The maximum atomic E-state index is 13.1. The summed E-state index contributed by atoms with van der Waals surface area (Å²) >= 11 is 0. The second kappa shape index (κ2) is 8.17. The second-order valence-corrected chi connectivity index (χ2v) is 6.90. The number of anilines is 1. The van der Waals surface area contributed by atoms with Crippen molar-refractivity contribution in [3.8, 4) is 0 Å². The van der Waals surface area contributed by atoms with Crippen molar-refractivity contribution in [2.75, 3.05) is 18.4 Å². The van der Waals surface area contributed by atoms with Crippen molar-refractivity contribution < 1.29 is 14.1 Å². The largest absolute Gasteiger partial charge is 0.360 e. The fraction of sp³-hybridized carbons (Fsp3) is 0.450. The van der Waals surface area contributed by atoms with E-state index in [0.29, 0.717) is 30.5 Å². The van der Waals surface area contributed by atoms with E-state index in [2.05, 4.69) is 10.5 Å². The van der Waals surface area contributed by atoms with Crippen LogP contribution >= 0.6 is 0 Å². The van der Waals surface area contributed by atoms with E-state index in [4.69, 9.17) is 4.52 Å². The molecule has 2 aromatic rings. The van der Waals surface area contributed by atoms with Crippen LogP contribution in [0.3, 0.4) is 0 Å². The van der Waals surface area contributed by atoms with Crippen molar-refractivity contribution in [1.82, 2.24) is 10.1 Å². The molecule has 1 aliphatic carbocycles. The SMILES string of the molecule is CCC(C(=O)N(CC(=O)Nc1cc(C)on1)CC1CC1)c1ccccc1. The Kier molecular flexibility index (Phi) is 5.71. The van der Waals surface area contributed by atoms with Gasteiger partial charge in [0, 0.05) is 12.6 Å². The summed E-state index contributed by atoms with van der Waals surface area (Å²) in [6.45, 7) is 4.43. The Morgan fingerprint density at radius 3 is 2.62 bits per heavy atom. The van der Waals surface area contributed by atoms with Gasteiger partial charge in [-0.15, -0.1) is 0 Å². The average Bonchev–Trinajstić information content (AvgIpc) is 3.36. The van der Waals surface area contributed by atoms with E-state index in [-0.39, 0.29) is 24.3 Å². The standard InChI is InChI=1S/C20H25N3O3/c1-3-17(16-7-5-4-6-8-16)20(25)23(12-15-9-10-15)13-19(24)21-18-11-14(2)26-22-18/h4-8,11,15,17H,3,9-10,12-13H2,1-2H3,(H,21,22,24). The number of hydrogen-bond acceptors (Lipinski definition) is 4. The lowest BCUT2D eigenvalue weighted by Crippen LogP contribution is -2.41. The van der Waals surface area contributed by atoms with Crippen molar-refractivity contribution in [2.24, 2.45) is 5.92 Å². The summed E-state index contributed by atoms with van der Waals surface area (Å²) in [4.78, 5) is 27.2. The highest BCUT2D eigenvalue weighted by atomic mass is 16.5. The molecule has 6 nitrogen and oxygen atoms in total. The summed E-state index contributed by atoms with van der Waals surface area (Å²) in [5.74, 6) is 1.04. The average molecular weight is 355 g/mol. The van der Waals surface area contributed by atoms with Crippen molar-refractivity contribution in [2.45, 2.75) is 39.0 Å². The number of carbonyl (C=O) groups is 2. The zero-order chi connectivity index (χ0) is 18.5. The fourth-order valence-electron chi connectivity index (χ4n) is 3.08. The molecule has 1 aliphatic rings. The van der Waals surface area contributed by atoms with Crippen LogP contribution in [-0.2, 0) is 9.59 Å². The number of rotatable bonds is 8. The third kappa shape index (κ3) is 4.71. The number of nitrogens with one attached hydrogen (secondary N) is 1. The minimum Gasteiger partial charge on any atom is -0.360 e. The van der Waals surface area contributed by atoms with Crippen LogP contribution in [0.5, 0.6) is 0 Å². The molecule has 0 spiro atoms. The number of carbonyl (C=O) groups excluding carboxylic acids is 2. The summed E-state index contributed by atoms with van der Waals surface area (Å²) in [6, 6.07) is 11.4. The van der Waals surface area contributed by atoms with Crippen molar-refractivity contribution in [1.29, 1.82) is 0 Å². The van der Waals surface area contributed by atoms with Gasteiger partial charge < -0.3 is 14.7 Å². The number of aryl methyl sites for hydroxylation is 1. The third-order valence-electron chi connectivity index (χ3n) is 4.63. The van der Waals surface area contributed by atoms with E-state index in [1.54, 1.807) is 17.9 Å². The molecule has 26 heavy (non-hydrogen) atoms. The lowest BCUT2D eigenvalue weighted by molar-refractivity contribution is -0.136. The fourth-order valence-corrected chi connectivity index (χ4v) is 3.08. The number of nitrogens with zero attached hydrogens (tertiary/aromatic N) is 2. The molecule has 1 unspecified atom stereocenters. The Morgan fingerprint density at radius 2 is 2.04 bits per heavy atom. The number of benzene rings is 1. The molecule has 1 N–H and O–H groups in total. The van der Waals surface area contributed by atoms with Crippen LogP contribution < -0.4 is 5.32 Å². The Hall–Kier alpha value is -2.63. The molecule has 3 rings (SSSR count). The van der Waals surface area contributed by atoms with Gasteiger partial charge >= 0.3 is 0 Å². The smallest absolute Gasteiger partial charge is 0.245 e. The first-order valence-corrected chi connectivity index (χ1v) is 9.13. The lowest BCUT2D eigenvalue weighted by atomic mass is 9.95. The maximum Gasteiger partial charge on any atom is 0.245 e. The van der Waals surface area contributed by atoms with Gasteiger partial charge in [0.1, 0.15) is 5.76 Å².